The highest BCUT2D eigenvalue weighted by Crippen LogP contribution is 2.41. The zero-order valence-corrected chi connectivity index (χ0v) is 43.6. The number of nitrogens with zero attached hydrogens (tertiary/aromatic N) is 3. The van der Waals surface area contributed by atoms with Crippen molar-refractivity contribution >= 4 is 117 Å². The molecular formula is C54H30Br3Cl3N6O6. The van der Waals surface area contributed by atoms with Gasteiger partial charge in [0.2, 0.25) is 0 Å². The summed E-state index contributed by atoms with van der Waals surface area (Å²) in [5.74, 6) is -1.31. The molecule has 354 valence electrons. The van der Waals surface area contributed by atoms with E-state index in [-0.39, 0.29) is 29.5 Å². The Bertz CT molecular complexity index is 3360. The van der Waals surface area contributed by atoms with Crippen molar-refractivity contribution in [2.45, 2.75) is 0 Å². The van der Waals surface area contributed by atoms with E-state index in [1.807, 2.05) is 72.8 Å². The molecule has 0 unspecified atom stereocenters. The number of nitrogens with one attached hydrogen (secondary N) is 3. The number of aromatic amines is 3. The first-order chi connectivity index (χ1) is 34.6. The summed E-state index contributed by atoms with van der Waals surface area (Å²) >= 11 is 27.9. The van der Waals surface area contributed by atoms with Crippen molar-refractivity contribution in [3.8, 4) is 51.4 Å². The minimum absolute atomic E-state index is 0.0459. The molecule has 0 atom stereocenters. The number of carbonyl (C=O) groups excluding carboxylic acids is 3. The average molecular weight is 1200 g/mol. The van der Waals surface area contributed by atoms with Crippen LogP contribution >= 0.6 is 82.6 Å². The summed E-state index contributed by atoms with van der Waals surface area (Å²) in [5, 5.41) is 32.8. The number of amides is 3. The SMILES string of the molecule is O=C1N=C(c2ccc(Br)cc2)c2c(O)[nH]c(-c3ccc(Br)cc3)c21.O=C1N=C(c2ccc(Cl)cc2)c2c(O)[nH]c(-c3ccc(Br)cc3)c21.O=C1N=C(c2ccc(Cl)cc2)c2c(O)[nH]c(-c3ccc(Cl)cc3)c21. The number of carbonyl (C=O) groups is 3. The van der Waals surface area contributed by atoms with Gasteiger partial charge in [-0.25, -0.2) is 15.0 Å². The van der Waals surface area contributed by atoms with Gasteiger partial charge in [-0.2, -0.15) is 0 Å². The number of hydrogen-bond donors (Lipinski definition) is 6. The van der Waals surface area contributed by atoms with Gasteiger partial charge in [-0.15, -0.1) is 0 Å². The summed E-state index contributed by atoms with van der Waals surface area (Å²) in [7, 11) is 0. The van der Waals surface area contributed by atoms with Crippen molar-refractivity contribution in [2.75, 3.05) is 0 Å². The lowest BCUT2D eigenvalue weighted by molar-refractivity contribution is 0.0998. The number of fused-ring (bicyclic) bond motifs is 3. The number of aromatic hydroxyl groups is 3. The Morgan fingerprint density at radius 3 is 0.778 bits per heavy atom. The second-order valence-electron chi connectivity index (χ2n) is 16.1. The molecule has 9 aromatic rings. The summed E-state index contributed by atoms with van der Waals surface area (Å²) in [4.78, 5) is 58.4. The molecular weight excluding hydrogens is 1170 g/mol. The van der Waals surface area contributed by atoms with E-state index in [0.717, 1.165) is 41.2 Å². The molecule has 3 aliphatic heterocycles. The summed E-state index contributed by atoms with van der Waals surface area (Å²) in [5.41, 5.74) is 10.1. The fourth-order valence-corrected chi connectivity index (χ4v) is 9.55. The molecule has 6 heterocycles. The average Bonchev–Trinajstić information content (AvgIpc) is 4.22. The van der Waals surface area contributed by atoms with E-state index >= 15 is 0 Å². The Morgan fingerprint density at radius 2 is 0.528 bits per heavy atom. The predicted octanol–water partition coefficient (Wildman–Crippen LogP) is 14.4. The molecule has 0 aliphatic carbocycles. The third kappa shape index (κ3) is 9.31. The Labute approximate surface area is 449 Å². The van der Waals surface area contributed by atoms with Gasteiger partial charge in [-0.3, -0.25) is 14.4 Å². The first-order valence-corrected chi connectivity index (χ1v) is 24.9. The van der Waals surface area contributed by atoms with Crippen molar-refractivity contribution in [3.63, 3.8) is 0 Å². The minimum Gasteiger partial charge on any atom is -0.494 e. The Morgan fingerprint density at radius 1 is 0.319 bits per heavy atom. The first-order valence-electron chi connectivity index (χ1n) is 21.4. The lowest BCUT2D eigenvalue weighted by Crippen LogP contribution is -1.99. The van der Waals surface area contributed by atoms with Gasteiger partial charge in [0, 0.05) is 45.2 Å². The largest absolute Gasteiger partial charge is 0.494 e. The lowest BCUT2D eigenvalue weighted by atomic mass is 10.0. The van der Waals surface area contributed by atoms with Crippen LogP contribution in [0.15, 0.2) is 174 Å². The van der Waals surface area contributed by atoms with Crippen LogP contribution in [0.1, 0.15) is 64.5 Å². The second kappa shape index (κ2) is 19.8. The zero-order valence-electron chi connectivity index (χ0n) is 36.5. The molecule has 12 nitrogen and oxygen atoms in total. The summed E-state index contributed by atoms with van der Waals surface area (Å²) in [6.45, 7) is 0. The summed E-state index contributed by atoms with van der Waals surface area (Å²) in [6, 6.07) is 43.4. The van der Waals surface area contributed by atoms with Gasteiger partial charge >= 0.3 is 0 Å². The monoisotopic (exact) mass is 1200 g/mol. The number of aromatic nitrogens is 3. The normalized spacial score (nSPS) is 13.1. The predicted molar refractivity (Wildman–Crippen MR) is 291 cm³/mol. The molecule has 12 rings (SSSR count). The van der Waals surface area contributed by atoms with Gasteiger partial charge in [-0.05, 0) is 89.5 Å². The van der Waals surface area contributed by atoms with Crippen molar-refractivity contribution in [2.24, 2.45) is 15.0 Å². The molecule has 3 aromatic heterocycles. The van der Waals surface area contributed by atoms with Crippen LogP contribution in [0.25, 0.3) is 33.8 Å². The second-order valence-corrected chi connectivity index (χ2v) is 20.2. The molecule has 6 N–H and O–H groups in total. The standard InChI is InChI=1S/C18H10Br2N2O2.C18H10BrClN2O2.C18H10Cl2N2O2/c3*19-11-5-1-9(2-6-11)15-13-14(18(24)21-15)16(22-17(13)23)10-3-7-12(20)8-4-10/h3*1-8,21,24H. The summed E-state index contributed by atoms with van der Waals surface area (Å²) < 4.78 is 2.81. The number of aliphatic imine (C=N–C) groups is 3. The molecule has 72 heavy (non-hydrogen) atoms. The van der Waals surface area contributed by atoms with Crippen LogP contribution in [0, 0.1) is 0 Å². The van der Waals surface area contributed by atoms with Crippen LogP contribution in [-0.4, -0.2) is 65.1 Å². The molecule has 6 aromatic carbocycles. The topological polar surface area (TPSA) is 196 Å². The first kappa shape index (κ1) is 48.5. The molecule has 0 radical (unpaired) electrons. The Balaban J connectivity index is 0.000000124. The van der Waals surface area contributed by atoms with E-state index < -0.39 is 5.91 Å². The third-order valence-electron chi connectivity index (χ3n) is 11.7. The maximum Gasteiger partial charge on any atom is 0.280 e. The lowest BCUT2D eigenvalue weighted by Gasteiger charge is -2.01. The van der Waals surface area contributed by atoms with Crippen LogP contribution in [0.5, 0.6) is 17.6 Å². The highest BCUT2D eigenvalue weighted by molar-refractivity contribution is 9.11. The zero-order chi connectivity index (χ0) is 50.5. The highest BCUT2D eigenvalue weighted by atomic mass is 79.9. The molecule has 18 heteroatoms. The van der Waals surface area contributed by atoms with Crippen LogP contribution in [0.3, 0.4) is 0 Å². The van der Waals surface area contributed by atoms with E-state index in [1.54, 1.807) is 72.8 Å². The molecule has 0 saturated heterocycles. The number of rotatable bonds is 6. The van der Waals surface area contributed by atoms with E-state index in [4.69, 9.17) is 34.8 Å². The van der Waals surface area contributed by atoms with Gasteiger partial charge < -0.3 is 30.3 Å². The molecule has 0 spiro atoms. The van der Waals surface area contributed by atoms with Crippen molar-refractivity contribution < 1.29 is 29.7 Å². The molecule has 0 bridgehead atoms. The van der Waals surface area contributed by atoms with Crippen LogP contribution in [0.4, 0.5) is 0 Å². The van der Waals surface area contributed by atoms with Gasteiger partial charge in [-0.1, -0.05) is 155 Å². The van der Waals surface area contributed by atoms with E-state index in [9.17, 15) is 29.7 Å². The minimum atomic E-state index is -0.392. The maximum atomic E-state index is 12.5. The van der Waals surface area contributed by atoms with Crippen molar-refractivity contribution in [1.29, 1.82) is 0 Å². The van der Waals surface area contributed by atoms with Gasteiger partial charge in [0.1, 0.15) is 0 Å². The highest BCUT2D eigenvalue weighted by Gasteiger charge is 2.36. The number of halogens is 6. The van der Waals surface area contributed by atoms with Gasteiger partial charge in [0.05, 0.1) is 67.6 Å². The fraction of sp³-hybridized carbons (Fsp3) is 0. The van der Waals surface area contributed by atoms with Gasteiger partial charge in [0.25, 0.3) is 17.7 Å². The van der Waals surface area contributed by atoms with Gasteiger partial charge in [0.15, 0.2) is 17.6 Å². The molecule has 0 saturated carbocycles. The summed E-state index contributed by atoms with van der Waals surface area (Å²) in [6.07, 6.45) is 0. The molecule has 0 fully saturated rings. The Kier molecular flexibility index (Phi) is 13.4. The van der Waals surface area contributed by atoms with Crippen LogP contribution in [-0.2, 0) is 0 Å². The Hall–Kier alpha value is -7.11. The smallest absolute Gasteiger partial charge is 0.280 e. The van der Waals surface area contributed by atoms with E-state index in [1.165, 1.54) is 0 Å². The van der Waals surface area contributed by atoms with Crippen molar-refractivity contribution in [1.82, 2.24) is 15.0 Å². The molecule has 3 amide bonds. The number of benzene rings is 6. The maximum absolute atomic E-state index is 12.5. The van der Waals surface area contributed by atoms with Crippen LogP contribution < -0.4 is 0 Å². The number of H-pyrrole nitrogens is 3. The van der Waals surface area contributed by atoms with E-state index in [0.29, 0.717) is 88.2 Å². The molecule has 3 aliphatic rings. The quantitative estimate of drug-likeness (QED) is 0.0958. The van der Waals surface area contributed by atoms with Crippen molar-refractivity contribution in [3.05, 3.63) is 224 Å². The van der Waals surface area contributed by atoms with E-state index in [2.05, 4.69) is 77.7 Å². The number of hydrogen-bond acceptors (Lipinski definition) is 6. The third-order valence-corrected chi connectivity index (χ3v) is 14.0. The van der Waals surface area contributed by atoms with Crippen LogP contribution in [0.2, 0.25) is 15.1 Å². The fourth-order valence-electron chi connectivity index (χ4n) is 8.38.